The van der Waals surface area contributed by atoms with E-state index in [-0.39, 0.29) is 35.8 Å². The first-order valence-electron chi connectivity index (χ1n) is 12.8. The molecule has 0 saturated carbocycles. The van der Waals surface area contributed by atoms with Crippen LogP contribution in [0.3, 0.4) is 0 Å². The van der Waals surface area contributed by atoms with Crippen LogP contribution in [0.4, 0.5) is 13.2 Å². The summed E-state index contributed by atoms with van der Waals surface area (Å²) in [5.74, 6) is -2.80. The van der Waals surface area contributed by atoms with Gasteiger partial charge in [0.25, 0.3) is 0 Å². The predicted molar refractivity (Wildman–Crippen MR) is 149 cm³/mol. The monoisotopic (exact) mass is 624 g/mol. The molecule has 0 N–H and O–H groups in total. The maximum atomic E-state index is 13.4. The van der Waals surface area contributed by atoms with Crippen molar-refractivity contribution in [3.05, 3.63) is 92.5 Å². The average molecular weight is 625 g/mol. The van der Waals surface area contributed by atoms with Gasteiger partial charge in [-0.1, -0.05) is 36.4 Å². The van der Waals surface area contributed by atoms with Crippen molar-refractivity contribution in [1.29, 1.82) is 0 Å². The van der Waals surface area contributed by atoms with Crippen LogP contribution in [0.1, 0.15) is 59.7 Å². The third-order valence-corrected chi connectivity index (χ3v) is 7.59. The van der Waals surface area contributed by atoms with Crippen molar-refractivity contribution in [2.24, 2.45) is 0 Å². The Balaban J connectivity index is 2.04. The summed E-state index contributed by atoms with van der Waals surface area (Å²) in [5.41, 5.74) is -3.41. The van der Waals surface area contributed by atoms with Gasteiger partial charge in [0.1, 0.15) is 24.5 Å². The first kappa shape index (κ1) is 33.4. The Bertz CT molecular complexity index is 1620. The van der Waals surface area contributed by atoms with Crippen molar-refractivity contribution in [2.45, 2.75) is 53.3 Å². The van der Waals surface area contributed by atoms with Crippen molar-refractivity contribution in [2.75, 3.05) is 13.9 Å². The molecule has 0 atom stereocenters. The molecule has 0 aliphatic heterocycles. The molecule has 0 aromatic heterocycles. The predicted octanol–water partition coefficient (Wildman–Crippen LogP) is 6.15. The normalized spacial score (nSPS) is 11.7. The van der Waals surface area contributed by atoms with Crippen molar-refractivity contribution >= 4 is 22.1 Å². The third-order valence-electron chi connectivity index (χ3n) is 6.63. The van der Waals surface area contributed by atoms with E-state index in [2.05, 4.69) is 4.18 Å². The molecule has 0 aliphatic rings. The Hall–Kier alpha value is -4.10. The second-order valence-electron chi connectivity index (χ2n) is 9.68. The highest BCUT2D eigenvalue weighted by Crippen LogP contribution is 2.39. The van der Waals surface area contributed by atoms with E-state index in [0.29, 0.717) is 16.7 Å². The number of methoxy groups -OCH3 is 1. The molecular weight excluding hydrogens is 593 g/mol. The molecule has 0 unspecified atom stereocenters. The lowest BCUT2D eigenvalue weighted by Crippen LogP contribution is -2.29. The van der Waals surface area contributed by atoms with E-state index >= 15 is 0 Å². The molecule has 3 rings (SSSR count). The number of halogens is 3. The lowest BCUT2D eigenvalue weighted by Gasteiger charge is -2.20. The van der Waals surface area contributed by atoms with Gasteiger partial charge in [-0.25, -0.2) is 9.59 Å². The lowest BCUT2D eigenvalue weighted by molar-refractivity contribution is -0.0501. The average Bonchev–Trinajstić information content (AvgIpc) is 2.93. The summed E-state index contributed by atoms with van der Waals surface area (Å²) in [6, 6.07) is 12.0. The van der Waals surface area contributed by atoms with Crippen LogP contribution in [0.2, 0.25) is 0 Å². The van der Waals surface area contributed by atoms with Crippen molar-refractivity contribution in [1.82, 2.24) is 0 Å². The maximum Gasteiger partial charge on any atom is 0.534 e. The molecule has 0 aliphatic carbocycles. The third kappa shape index (κ3) is 7.65. The summed E-state index contributed by atoms with van der Waals surface area (Å²) in [5, 5.41) is 0. The van der Waals surface area contributed by atoms with Crippen LogP contribution in [-0.2, 0) is 37.5 Å². The van der Waals surface area contributed by atoms with Gasteiger partial charge in [0.15, 0.2) is 12.5 Å². The number of benzene rings is 3. The molecule has 43 heavy (non-hydrogen) atoms. The summed E-state index contributed by atoms with van der Waals surface area (Å²) < 4.78 is 89.7. The number of hydrogen-bond acceptors (Lipinski definition) is 9. The van der Waals surface area contributed by atoms with Gasteiger partial charge in [0.2, 0.25) is 0 Å². The fraction of sp³-hybridized carbons (Fsp3) is 0.333. The van der Waals surface area contributed by atoms with E-state index < -0.39 is 45.5 Å². The molecular formula is C30H31F3O9S. The Morgan fingerprint density at radius 3 is 2.02 bits per heavy atom. The number of rotatable bonds is 11. The fourth-order valence-electron chi connectivity index (χ4n) is 4.25. The fourth-order valence-corrected chi connectivity index (χ4v) is 4.78. The van der Waals surface area contributed by atoms with Gasteiger partial charge in [-0.3, -0.25) is 0 Å². The summed E-state index contributed by atoms with van der Waals surface area (Å²) in [6.45, 7) is 6.96. The van der Waals surface area contributed by atoms with Gasteiger partial charge in [-0.05, 0) is 68.5 Å². The second-order valence-corrected chi connectivity index (χ2v) is 11.2. The number of aryl methyl sites for hydroxylation is 3. The minimum absolute atomic E-state index is 0.00143. The number of carbonyl (C=O) groups excluding carboxylic acids is 2. The summed E-state index contributed by atoms with van der Waals surface area (Å²) in [6.07, 6.45) is 0. The van der Waals surface area contributed by atoms with Gasteiger partial charge in [-0.2, -0.15) is 21.6 Å². The Kier molecular flexibility index (Phi) is 10.5. The molecule has 0 radical (unpaired) electrons. The Morgan fingerprint density at radius 1 is 0.791 bits per heavy atom. The van der Waals surface area contributed by atoms with E-state index in [1.807, 2.05) is 0 Å². The van der Waals surface area contributed by atoms with Gasteiger partial charge in [0.05, 0.1) is 5.56 Å². The zero-order valence-electron chi connectivity index (χ0n) is 24.4. The van der Waals surface area contributed by atoms with Crippen LogP contribution in [0.15, 0.2) is 42.5 Å². The molecule has 232 valence electrons. The van der Waals surface area contributed by atoms with Gasteiger partial charge < -0.3 is 23.1 Å². The largest absolute Gasteiger partial charge is 0.534 e. The quantitative estimate of drug-likeness (QED) is 0.107. The molecule has 3 aromatic rings. The minimum Gasteiger partial charge on any atom is -0.488 e. The van der Waals surface area contributed by atoms with Crippen molar-refractivity contribution < 1.29 is 54.3 Å². The molecule has 0 bridgehead atoms. The lowest BCUT2D eigenvalue weighted by atomic mass is 9.93. The maximum absolute atomic E-state index is 13.4. The molecule has 3 aromatic carbocycles. The highest BCUT2D eigenvalue weighted by atomic mass is 32.2. The SMILES string of the molecule is COCOC(=O)c1c(C)c(C)cc(C)c1COC(=O)c1c(C)cc(OCc2ccccc2)c(C)c1OS(=O)(=O)C(F)(F)F. The van der Waals surface area contributed by atoms with Crippen LogP contribution < -0.4 is 8.92 Å². The number of hydrogen-bond donors (Lipinski definition) is 0. The molecule has 0 amide bonds. The van der Waals surface area contributed by atoms with Crippen LogP contribution in [0.5, 0.6) is 11.5 Å². The summed E-state index contributed by atoms with van der Waals surface area (Å²) >= 11 is 0. The van der Waals surface area contributed by atoms with Crippen LogP contribution in [-0.4, -0.2) is 39.8 Å². The number of ether oxygens (including phenoxy) is 4. The van der Waals surface area contributed by atoms with Crippen molar-refractivity contribution in [3.8, 4) is 11.5 Å². The van der Waals surface area contributed by atoms with Crippen LogP contribution in [0, 0.1) is 34.6 Å². The zero-order chi connectivity index (χ0) is 32.1. The first-order valence-corrected chi connectivity index (χ1v) is 14.2. The van der Waals surface area contributed by atoms with Gasteiger partial charge in [-0.15, -0.1) is 0 Å². The number of carbonyl (C=O) groups is 2. The Labute approximate surface area is 247 Å². The van der Waals surface area contributed by atoms with E-state index in [4.69, 9.17) is 18.9 Å². The number of alkyl halides is 3. The second kappa shape index (κ2) is 13.5. The van der Waals surface area contributed by atoms with E-state index in [9.17, 15) is 31.2 Å². The highest BCUT2D eigenvalue weighted by molar-refractivity contribution is 7.88. The van der Waals surface area contributed by atoms with E-state index in [0.717, 1.165) is 11.1 Å². The zero-order valence-corrected chi connectivity index (χ0v) is 25.2. The Morgan fingerprint density at radius 2 is 1.42 bits per heavy atom. The van der Waals surface area contributed by atoms with Crippen LogP contribution >= 0.6 is 0 Å². The van der Waals surface area contributed by atoms with E-state index in [1.54, 1.807) is 57.2 Å². The van der Waals surface area contributed by atoms with Gasteiger partial charge in [0, 0.05) is 18.2 Å². The highest BCUT2D eigenvalue weighted by Gasteiger charge is 2.49. The molecule has 9 nitrogen and oxygen atoms in total. The standard InChI is InChI=1S/C30H31F3O9S/c1-17-12-18(2)23(26(20(17)4)29(35)41-16-38-6)15-40-28(34)25-19(3)13-24(39-14-22-10-8-7-9-11-22)21(5)27(25)42-43(36,37)30(31,32)33/h7-13H,14-16H2,1-6H3. The molecule has 13 heteroatoms. The van der Waals surface area contributed by atoms with E-state index in [1.165, 1.54) is 27.0 Å². The smallest absolute Gasteiger partial charge is 0.488 e. The molecule has 0 spiro atoms. The summed E-state index contributed by atoms with van der Waals surface area (Å²) in [7, 11) is -4.84. The molecule has 0 saturated heterocycles. The van der Waals surface area contributed by atoms with Crippen LogP contribution in [0.25, 0.3) is 0 Å². The number of esters is 2. The van der Waals surface area contributed by atoms with Gasteiger partial charge >= 0.3 is 27.6 Å². The first-order chi connectivity index (χ1) is 20.1. The molecule has 0 heterocycles. The minimum atomic E-state index is -6.18. The van der Waals surface area contributed by atoms with Crippen molar-refractivity contribution in [3.63, 3.8) is 0 Å². The summed E-state index contributed by atoms with van der Waals surface area (Å²) in [4.78, 5) is 26.2. The molecule has 0 fully saturated rings. The topological polar surface area (TPSA) is 114 Å².